The van der Waals surface area contributed by atoms with Gasteiger partial charge in [-0.3, -0.25) is 14.4 Å². The van der Waals surface area contributed by atoms with Crippen molar-refractivity contribution in [1.29, 1.82) is 0 Å². The van der Waals surface area contributed by atoms with E-state index in [1.165, 1.54) is 64.2 Å². The van der Waals surface area contributed by atoms with E-state index in [2.05, 4.69) is 34.6 Å². The van der Waals surface area contributed by atoms with E-state index in [1.807, 2.05) is 0 Å². The Morgan fingerprint density at radius 2 is 0.907 bits per heavy atom. The number of unbranched alkanes of at least 4 members (excludes halogenated alkanes) is 16. The molecule has 0 aromatic rings. The number of nitrogens with two attached hydrogens (primary N) is 1. The van der Waals surface area contributed by atoms with Gasteiger partial charge >= 0.3 is 17.9 Å². The topological polar surface area (TPSA) is 105 Å². The fraction of sp³-hybridized carbons (Fsp3) is 0.936. The molecule has 0 spiro atoms. The Labute approximate surface area is 335 Å². The maximum Gasteiger partial charge on any atom is 0.306 e. The maximum absolute atomic E-state index is 12.8. The van der Waals surface area contributed by atoms with E-state index in [-0.39, 0.29) is 24.0 Å². The van der Waals surface area contributed by atoms with Crippen LogP contribution in [0.1, 0.15) is 240 Å². The predicted octanol–water partition coefficient (Wildman–Crippen LogP) is 13.4. The Balaban J connectivity index is 4.24. The largest absolute Gasteiger partial charge is 0.466 e. The lowest BCUT2D eigenvalue weighted by atomic mass is 9.80. The molecule has 0 aliphatic carbocycles. The normalized spacial score (nSPS) is 13.2. The molecule has 0 aliphatic rings. The second-order valence-corrected chi connectivity index (χ2v) is 16.3. The van der Waals surface area contributed by atoms with Gasteiger partial charge in [0.1, 0.15) is 6.10 Å². The molecule has 2 N–H and O–H groups in total. The van der Waals surface area contributed by atoms with Gasteiger partial charge in [-0.25, -0.2) is 0 Å². The van der Waals surface area contributed by atoms with Crippen molar-refractivity contribution < 1.29 is 28.6 Å². The summed E-state index contributed by atoms with van der Waals surface area (Å²) in [5, 5.41) is 0. The van der Waals surface area contributed by atoms with E-state index in [1.54, 1.807) is 0 Å². The zero-order valence-corrected chi connectivity index (χ0v) is 36.6. The first-order valence-corrected chi connectivity index (χ1v) is 23.5. The smallest absolute Gasteiger partial charge is 0.306 e. The SMILES string of the molecule is CCCCCCCC(=O)OCCCCCCCCC(CCCCCCCCOC(=O)CC(CCCCC)CCC(CC)C(CC)CC)OC(=O)CCCN. The third-order valence-corrected chi connectivity index (χ3v) is 11.6. The minimum Gasteiger partial charge on any atom is -0.466 e. The van der Waals surface area contributed by atoms with Crippen LogP contribution < -0.4 is 5.73 Å². The second kappa shape index (κ2) is 39.6. The van der Waals surface area contributed by atoms with Crippen LogP contribution in [0, 0.1) is 17.8 Å². The fourth-order valence-corrected chi connectivity index (χ4v) is 7.94. The molecule has 3 atom stereocenters. The van der Waals surface area contributed by atoms with Gasteiger partial charge < -0.3 is 19.9 Å². The lowest BCUT2D eigenvalue weighted by molar-refractivity contribution is -0.150. The van der Waals surface area contributed by atoms with Crippen molar-refractivity contribution in [2.75, 3.05) is 19.8 Å². The average Bonchev–Trinajstić information content (AvgIpc) is 3.16. The van der Waals surface area contributed by atoms with Gasteiger partial charge in [0.05, 0.1) is 13.2 Å². The average molecular weight is 766 g/mol. The second-order valence-electron chi connectivity index (χ2n) is 16.3. The van der Waals surface area contributed by atoms with Crippen molar-refractivity contribution in [3.8, 4) is 0 Å². The van der Waals surface area contributed by atoms with Crippen molar-refractivity contribution in [3.63, 3.8) is 0 Å². The van der Waals surface area contributed by atoms with Crippen LogP contribution in [0.5, 0.6) is 0 Å². The third kappa shape index (κ3) is 32.6. The van der Waals surface area contributed by atoms with Crippen molar-refractivity contribution in [2.24, 2.45) is 23.5 Å². The first kappa shape index (κ1) is 52.4. The van der Waals surface area contributed by atoms with Crippen LogP contribution in [-0.2, 0) is 28.6 Å². The van der Waals surface area contributed by atoms with Crippen molar-refractivity contribution in [3.05, 3.63) is 0 Å². The predicted molar refractivity (Wildman–Crippen MR) is 227 cm³/mol. The Morgan fingerprint density at radius 3 is 1.46 bits per heavy atom. The summed E-state index contributed by atoms with van der Waals surface area (Å²) in [6.07, 6.45) is 33.8. The van der Waals surface area contributed by atoms with E-state index in [4.69, 9.17) is 19.9 Å². The van der Waals surface area contributed by atoms with Gasteiger partial charge in [-0.1, -0.05) is 150 Å². The molecule has 0 amide bonds. The van der Waals surface area contributed by atoms with Gasteiger partial charge in [0, 0.05) is 19.3 Å². The molecule has 0 radical (unpaired) electrons. The Kier molecular flexibility index (Phi) is 38.4. The minimum atomic E-state index is -0.116. The summed E-state index contributed by atoms with van der Waals surface area (Å²) in [5.74, 6) is 1.88. The molecule has 0 rings (SSSR count). The Bertz CT molecular complexity index is 846. The monoisotopic (exact) mass is 766 g/mol. The van der Waals surface area contributed by atoms with Gasteiger partial charge in [0.2, 0.25) is 0 Å². The molecule has 0 heterocycles. The van der Waals surface area contributed by atoms with E-state index in [0.29, 0.717) is 51.4 Å². The van der Waals surface area contributed by atoms with Crippen LogP contribution in [0.4, 0.5) is 0 Å². The van der Waals surface area contributed by atoms with Crippen LogP contribution in [0.25, 0.3) is 0 Å². The van der Waals surface area contributed by atoms with Crippen molar-refractivity contribution in [1.82, 2.24) is 0 Å². The summed E-state index contributed by atoms with van der Waals surface area (Å²) in [5.41, 5.74) is 5.61. The molecule has 0 fully saturated rings. The molecule has 0 saturated carbocycles. The standard InChI is InChI=1S/C47H91NO6/c1-6-11-13-18-26-33-45(49)52-38-27-21-16-14-19-24-31-44(54-46(50)34-29-37-48)32-25-20-15-17-22-28-39-53-47(51)40-41(30-23-12-7-2)35-36-43(10-5)42(8-3)9-4/h41-44H,6-40,48H2,1-5H3. The van der Waals surface area contributed by atoms with Gasteiger partial charge in [-0.15, -0.1) is 0 Å². The minimum absolute atomic E-state index is 0.000469. The summed E-state index contributed by atoms with van der Waals surface area (Å²) in [6.45, 7) is 13.0. The van der Waals surface area contributed by atoms with Gasteiger partial charge in [0.15, 0.2) is 0 Å². The number of esters is 3. The lowest BCUT2D eigenvalue weighted by Gasteiger charge is -2.26. The van der Waals surface area contributed by atoms with Crippen LogP contribution in [-0.4, -0.2) is 43.8 Å². The lowest BCUT2D eigenvalue weighted by Crippen LogP contribution is -2.19. The van der Waals surface area contributed by atoms with Crippen molar-refractivity contribution in [2.45, 2.75) is 246 Å². The highest BCUT2D eigenvalue weighted by Crippen LogP contribution is 2.31. The number of carbonyl (C=O) groups is 3. The highest BCUT2D eigenvalue weighted by Gasteiger charge is 2.21. The van der Waals surface area contributed by atoms with Gasteiger partial charge in [-0.05, 0) is 94.9 Å². The third-order valence-electron chi connectivity index (χ3n) is 11.6. The molecular weight excluding hydrogens is 675 g/mol. The molecule has 54 heavy (non-hydrogen) atoms. The van der Waals surface area contributed by atoms with E-state index in [0.717, 1.165) is 127 Å². The van der Waals surface area contributed by atoms with Gasteiger partial charge in [-0.2, -0.15) is 0 Å². The molecule has 0 aliphatic heterocycles. The molecule has 320 valence electrons. The molecule has 0 bridgehead atoms. The Hall–Kier alpha value is -1.63. The first-order chi connectivity index (χ1) is 26.3. The summed E-state index contributed by atoms with van der Waals surface area (Å²) >= 11 is 0. The number of rotatable bonds is 41. The zero-order chi connectivity index (χ0) is 39.9. The molecule has 3 unspecified atom stereocenters. The van der Waals surface area contributed by atoms with Crippen LogP contribution in [0.15, 0.2) is 0 Å². The number of ether oxygens (including phenoxy) is 3. The molecular formula is C47H91NO6. The maximum atomic E-state index is 12.8. The summed E-state index contributed by atoms with van der Waals surface area (Å²) < 4.78 is 17.0. The molecule has 7 nitrogen and oxygen atoms in total. The summed E-state index contributed by atoms with van der Waals surface area (Å²) in [6, 6.07) is 0. The number of carbonyl (C=O) groups excluding carboxylic acids is 3. The van der Waals surface area contributed by atoms with Gasteiger partial charge in [0.25, 0.3) is 0 Å². The van der Waals surface area contributed by atoms with E-state index in [9.17, 15) is 14.4 Å². The first-order valence-electron chi connectivity index (χ1n) is 23.5. The van der Waals surface area contributed by atoms with E-state index < -0.39 is 0 Å². The van der Waals surface area contributed by atoms with E-state index >= 15 is 0 Å². The van der Waals surface area contributed by atoms with Crippen molar-refractivity contribution >= 4 is 17.9 Å². The highest BCUT2D eigenvalue weighted by molar-refractivity contribution is 5.70. The fourth-order valence-electron chi connectivity index (χ4n) is 7.94. The van der Waals surface area contributed by atoms with Crippen LogP contribution in [0.2, 0.25) is 0 Å². The molecule has 7 heteroatoms. The Morgan fingerprint density at radius 1 is 0.444 bits per heavy atom. The zero-order valence-electron chi connectivity index (χ0n) is 36.6. The van der Waals surface area contributed by atoms with Crippen LogP contribution in [0.3, 0.4) is 0 Å². The number of hydrogen-bond acceptors (Lipinski definition) is 7. The summed E-state index contributed by atoms with van der Waals surface area (Å²) in [4.78, 5) is 37.0. The molecule has 0 aromatic heterocycles. The molecule has 0 saturated heterocycles. The quantitative estimate of drug-likeness (QED) is 0.0375. The number of hydrogen-bond donors (Lipinski definition) is 1. The van der Waals surface area contributed by atoms with Crippen LogP contribution >= 0.6 is 0 Å². The molecule has 0 aromatic carbocycles. The summed E-state index contributed by atoms with van der Waals surface area (Å²) in [7, 11) is 0. The highest BCUT2D eigenvalue weighted by atomic mass is 16.5.